The largest absolute Gasteiger partial charge is 0.274 e. The second-order valence-corrected chi connectivity index (χ2v) is 8.26. The van der Waals surface area contributed by atoms with Gasteiger partial charge in [-0.2, -0.15) is 0 Å². The van der Waals surface area contributed by atoms with Gasteiger partial charge in [-0.15, -0.1) is 11.8 Å². The van der Waals surface area contributed by atoms with Gasteiger partial charge in [-0.05, 0) is 35.2 Å². The molecule has 1 atom stereocenters. The van der Waals surface area contributed by atoms with Crippen LogP contribution in [0.5, 0.6) is 0 Å². The van der Waals surface area contributed by atoms with Crippen molar-refractivity contribution in [1.29, 1.82) is 0 Å². The van der Waals surface area contributed by atoms with Crippen LogP contribution < -0.4 is 4.90 Å². The van der Waals surface area contributed by atoms with E-state index < -0.39 is 0 Å². The van der Waals surface area contributed by atoms with Crippen molar-refractivity contribution in [2.75, 3.05) is 4.90 Å². The molecule has 1 fully saturated rings. The third-order valence-electron chi connectivity index (χ3n) is 4.12. The zero-order chi connectivity index (χ0) is 17.3. The lowest BCUT2D eigenvalue weighted by molar-refractivity contribution is -0.121. The minimum atomic E-state index is -0.345. The van der Waals surface area contributed by atoms with Crippen molar-refractivity contribution in [1.82, 2.24) is 0 Å². The summed E-state index contributed by atoms with van der Waals surface area (Å²) in [4.78, 5) is 27.4. The van der Waals surface area contributed by atoms with Gasteiger partial charge >= 0.3 is 0 Å². The van der Waals surface area contributed by atoms with Gasteiger partial charge in [0.1, 0.15) is 0 Å². The second-order valence-electron chi connectivity index (χ2n) is 6.99. The predicted molar refractivity (Wildman–Crippen MR) is 98.3 cm³/mol. The third kappa shape index (κ3) is 3.39. The topological polar surface area (TPSA) is 37.4 Å². The number of benzene rings is 2. The number of imide groups is 1. The fraction of sp³-hybridized carbons (Fsp3) is 0.300. The van der Waals surface area contributed by atoms with Crippen LogP contribution in [-0.4, -0.2) is 17.1 Å². The minimum absolute atomic E-state index is 0.0449. The van der Waals surface area contributed by atoms with E-state index in [0.717, 1.165) is 4.90 Å². The lowest BCUT2D eigenvalue weighted by atomic mass is 9.87. The lowest BCUT2D eigenvalue weighted by Crippen LogP contribution is -2.31. The van der Waals surface area contributed by atoms with Crippen LogP contribution in [0.1, 0.15) is 32.8 Å². The summed E-state index contributed by atoms with van der Waals surface area (Å²) in [6, 6.07) is 17.5. The van der Waals surface area contributed by atoms with Gasteiger partial charge in [0, 0.05) is 11.3 Å². The fourth-order valence-corrected chi connectivity index (χ4v) is 3.82. The Morgan fingerprint density at radius 3 is 2.17 bits per heavy atom. The van der Waals surface area contributed by atoms with Crippen LogP contribution >= 0.6 is 11.8 Å². The summed E-state index contributed by atoms with van der Waals surface area (Å²) in [6.45, 7) is 6.42. The Labute approximate surface area is 147 Å². The van der Waals surface area contributed by atoms with Gasteiger partial charge in [-0.3, -0.25) is 9.59 Å². The van der Waals surface area contributed by atoms with Crippen LogP contribution in [0.3, 0.4) is 0 Å². The molecule has 1 unspecified atom stereocenters. The van der Waals surface area contributed by atoms with Crippen molar-refractivity contribution in [2.45, 2.75) is 42.8 Å². The van der Waals surface area contributed by atoms with Crippen LogP contribution in [0.25, 0.3) is 0 Å². The van der Waals surface area contributed by atoms with E-state index in [9.17, 15) is 9.59 Å². The van der Waals surface area contributed by atoms with E-state index in [1.54, 1.807) is 0 Å². The SMILES string of the molecule is CC(C)(C)c1ccc(N2C(=O)CC(Sc3ccccc3)C2=O)cc1. The summed E-state index contributed by atoms with van der Waals surface area (Å²) >= 11 is 1.46. The van der Waals surface area contributed by atoms with E-state index in [4.69, 9.17) is 0 Å². The Bertz CT molecular complexity index is 747. The molecule has 0 N–H and O–H groups in total. The number of amides is 2. The molecule has 2 amide bonds. The molecule has 0 aromatic heterocycles. The monoisotopic (exact) mass is 339 g/mol. The normalized spacial score (nSPS) is 18.3. The Kier molecular flexibility index (Phi) is 4.50. The molecule has 2 aromatic carbocycles. The quantitative estimate of drug-likeness (QED) is 0.778. The van der Waals surface area contributed by atoms with Gasteiger partial charge in [0.15, 0.2) is 0 Å². The molecule has 1 heterocycles. The average Bonchev–Trinajstić information content (AvgIpc) is 2.82. The van der Waals surface area contributed by atoms with Gasteiger partial charge in [0.05, 0.1) is 10.9 Å². The maximum absolute atomic E-state index is 12.7. The van der Waals surface area contributed by atoms with E-state index in [-0.39, 0.29) is 28.9 Å². The van der Waals surface area contributed by atoms with E-state index in [1.807, 2.05) is 54.6 Å². The highest BCUT2D eigenvalue weighted by Gasteiger charge is 2.40. The van der Waals surface area contributed by atoms with E-state index in [0.29, 0.717) is 5.69 Å². The van der Waals surface area contributed by atoms with Crippen LogP contribution in [0.2, 0.25) is 0 Å². The molecular weight excluding hydrogens is 318 g/mol. The van der Waals surface area contributed by atoms with Gasteiger partial charge in [-0.25, -0.2) is 4.90 Å². The van der Waals surface area contributed by atoms with Gasteiger partial charge < -0.3 is 0 Å². The highest BCUT2D eigenvalue weighted by Crippen LogP contribution is 2.34. The molecule has 0 radical (unpaired) electrons. The van der Waals surface area contributed by atoms with Crippen LogP contribution in [0, 0.1) is 0 Å². The molecular formula is C20H21NO2S. The van der Waals surface area contributed by atoms with Crippen molar-refractivity contribution < 1.29 is 9.59 Å². The van der Waals surface area contributed by atoms with E-state index in [2.05, 4.69) is 20.8 Å². The standard InChI is InChI=1S/C20H21NO2S/c1-20(2,3)14-9-11-15(12-10-14)21-18(22)13-17(19(21)23)24-16-7-5-4-6-8-16/h4-12,17H,13H2,1-3H3. The lowest BCUT2D eigenvalue weighted by Gasteiger charge is -2.21. The van der Waals surface area contributed by atoms with E-state index in [1.165, 1.54) is 22.2 Å². The van der Waals surface area contributed by atoms with Crippen molar-refractivity contribution in [3.8, 4) is 0 Å². The summed E-state index contributed by atoms with van der Waals surface area (Å²) < 4.78 is 0. The maximum Gasteiger partial charge on any atom is 0.247 e. The van der Waals surface area contributed by atoms with Gasteiger partial charge in [0.2, 0.25) is 11.8 Å². The number of nitrogens with zero attached hydrogens (tertiary/aromatic N) is 1. The first-order valence-corrected chi connectivity index (χ1v) is 8.93. The molecule has 3 rings (SSSR count). The summed E-state index contributed by atoms with van der Waals surface area (Å²) in [5, 5.41) is -0.345. The van der Waals surface area contributed by atoms with Crippen LogP contribution in [0.4, 0.5) is 5.69 Å². The first-order valence-electron chi connectivity index (χ1n) is 8.05. The second kappa shape index (κ2) is 6.44. The highest BCUT2D eigenvalue weighted by atomic mass is 32.2. The van der Waals surface area contributed by atoms with Crippen molar-refractivity contribution >= 4 is 29.3 Å². The molecule has 0 spiro atoms. The zero-order valence-corrected chi connectivity index (χ0v) is 15.0. The summed E-state index contributed by atoms with van der Waals surface area (Å²) in [5.74, 6) is -0.255. The number of hydrogen-bond donors (Lipinski definition) is 0. The Hall–Kier alpha value is -2.07. The van der Waals surface area contributed by atoms with Crippen molar-refractivity contribution in [2.24, 2.45) is 0 Å². The highest BCUT2D eigenvalue weighted by molar-refractivity contribution is 8.00. The number of anilines is 1. The summed E-state index contributed by atoms with van der Waals surface area (Å²) in [5.41, 5.74) is 1.89. The smallest absolute Gasteiger partial charge is 0.247 e. The van der Waals surface area contributed by atoms with Gasteiger partial charge in [-0.1, -0.05) is 51.1 Å². The molecule has 2 aromatic rings. The summed E-state index contributed by atoms with van der Waals surface area (Å²) in [6.07, 6.45) is 0.249. The van der Waals surface area contributed by atoms with Crippen LogP contribution in [-0.2, 0) is 15.0 Å². The molecule has 124 valence electrons. The first-order chi connectivity index (χ1) is 11.4. The molecule has 0 bridgehead atoms. The molecule has 3 nitrogen and oxygen atoms in total. The Morgan fingerprint density at radius 1 is 0.958 bits per heavy atom. The first kappa shape index (κ1) is 16.8. The predicted octanol–water partition coefficient (Wildman–Crippen LogP) is 4.41. The number of carbonyl (C=O) groups excluding carboxylic acids is 2. The number of thioether (sulfide) groups is 1. The molecule has 24 heavy (non-hydrogen) atoms. The molecule has 0 aliphatic carbocycles. The maximum atomic E-state index is 12.7. The van der Waals surface area contributed by atoms with Crippen LogP contribution in [0.15, 0.2) is 59.5 Å². The number of carbonyl (C=O) groups is 2. The zero-order valence-electron chi connectivity index (χ0n) is 14.2. The molecule has 1 saturated heterocycles. The molecule has 4 heteroatoms. The Balaban J connectivity index is 1.79. The fourth-order valence-electron chi connectivity index (χ4n) is 2.74. The average molecular weight is 339 g/mol. The summed E-state index contributed by atoms with van der Waals surface area (Å²) in [7, 11) is 0. The van der Waals surface area contributed by atoms with Crippen molar-refractivity contribution in [3.05, 3.63) is 60.2 Å². The number of hydrogen-bond acceptors (Lipinski definition) is 3. The van der Waals surface area contributed by atoms with E-state index >= 15 is 0 Å². The number of rotatable bonds is 3. The third-order valence-corrected chi connectivity index (χ3v) is 5.32. The minimum Gasteiger partial charge on any atom is -0.274 e. The Morgan fingerprint density at radius 2 is 1.58 bits per heavy atom. The molecule has 0 saturated carbocycles. The van der Waals surface area contributed by atoms with Gasteiger partial charge in [0.25, 0.3) is 0 Å². The van der Waals surface area contributed by atoms with Crippen molar-refractivity contribution in [3.63, 3.8) is 0 Å². The molecule has 1 aliphatic rings. The molecule has 1 aliphatic heterocycles.